The summed E-state index contributed by atoms with van der Waals surface area (Å²) < 4.78 is 40.5. The summed E-state index contributed by atoms with van der Waals surface area (Å²) in [5.41, 5.74) is 1.58. The van der Waals surface area contributed by atoms with Crippen molar-refractivity contribution in [3.8, 4) is 11.5 Å². The fourth-order valence-electron chi connectivity index (χ4n) is 2.17. The van der Waals surface area contributed by atoms with E-state index in [2.05, 4.69) is 20.3 Å². The van der Waals surface area contributed by atoms with Crippen LogP contribution in [0.15, 0.2) is 50.2 Å². The molecule has 0 atom stereocenters. The molecule has 2 aromatic carbocycles. The second kappa shape index (κ2) is 9.19. The van der Waals surface area contributed by atoms with Crippen LogP contribution in [-0.2, 0) is 10.0 Å². The Kier molecular flexibility index (Phi) is 7.23. The molecule has 2 rings (SSSR count). The largest absolute Gasteiger partial charge is 0.490 e. The van der Waals surface area contributed by atoms with Gasteiger partial charge in [0.25, 0.3) is 10.0 Å². The minimum absolute atomic E-state index is 0.159. The van der Waals surface area contributed by atoms with Gasteiger partial charge < -0.3 is 9.47 Å². The third-order valence-corrected chi connectivity index (χ3v) is 5.28. The average Bonchev–Trinajstić information content (AvgIpc) is 2.60. The first-order valence-electron chi connectivity index (χ1n) is 8.33. The molecule has 140 valence electrons. The SMILES string of the molecule is CCCOc1c(Br)cc(/C=N\S(=O)(=O)c2ccc(C)cc2)cc1OCC. The van der Waals surface area contributed by atoms with Crippen LogP contribution in [0.2, 0.25) is 0 Å². The first-order valence-corrected chi connectivity index (χ1v) is 10.6. The zero-order valence-electron chi connectivity index (χ0n) is 15.0. The minimum Gasteiger partial charge on any atom is -0.490 e. The van der Waals surface area contributed by atoms with Crippen LogP contribution in [0.5, 0.6) is 11.5 Å². The lowest BCUT2D eigenvalue weighted by molar-refractivity contribution is 0.275. The second-order valence-electron chi connectivity index (χ2n) is 5.63. The van der Waals surface area contributed by atoms with E-state index in [9.17, 15) is 8.42 Å². The van der Waals surface area contributed by atoms with Crippen molar-refractivity contribution in [1.29, 1.82) is 0 Å². The molecule has 0 aliphatic rings. The summed E-state index contributed by atoms with van der Waals surface area (Å²) in [5.74, 6) is 1.15. The summed E-state index contributed by atoms with van der Waals surface area (Å²) >= 11 is 3.46. The molecule has 2 aromatic rings. The molecule has 0 bridgehead atoms. The number of rotatable bonds is 8. The number of sulfonamides is 1. The monoisotopic (exact) mass is 439 g/mol. The molecule has 0 aliphatic heterocycles. The van der Waals surface area contributed by atoms with Gasteiger partial charge in [0.15, 0.2) is 11.5 Å². The van der Waals surface area contributed by atoms with Gasteiger partial charge in [0.2, 0.25) is 0 Å². The lowest BCUT2D eigenvalue weighted by atomic mass is 10.2. The van der Waals surface area contributed by atoms with Crippen LogP contribution in [0, 0.1) is 6.92 Å². The Morgan fingerprint density at radius 3 is 2.42 bits per heavy atom. The Balaban J connectivity index is 2.33. The predicted molar refractivity (Wildman–Crippen MR) is 107 cm³/mol. The average molecular weight is 440 g/mol. The molecule has 0 heterocycles. The van der Waals surface area contributed by atoms with Crippen molar-refractivity contribution in [2.24, 2.45) is 4.40 Å². The number of hydrogen-bond acceptors (Lipinski definition) is 4. The molecule has 5 nitrogen and oxygen atoms in total. The highest BCUT2D eigenvalue weighted by Crippen LogP contribution is 2.36. The predicted octanol–water partition coefficient (Wildman–Crippen LogP) is 4.75. The molecule has 0 saturated carbocycles. The van der Waals surface area contributed by atoms with Crippen molar-refractivity contribution < 1.29 is 17.9 Å². The van der Waals surface area contributed by atoms with Crippen molar-refractivity contribution in [3.63, 3.8) is 0 Å². The van der Waals surface area contributed by atoms with Gasteiger partial charge in [0.1, 0.15) is 0 Å². The zero-order valence-corrected chi connectivity index (χ0v) is 17.4. The summed E-state index contributed by atoms with van der Waals surface area (Å²) in [6.45, 7) is 6.82. The first-order chi connectivity index (χ1) is 12.4. The smallest absolute Gasteiger partial charge is 0.282 e. The summed E-state index contributed by atoms with van der Waals surface area (Å²) in [6.07, 6.45) is 2.18. The van der Waals surface area contributed by atoms with E-state index in [-0.39, 0.29) is 4.90 Å². The number of hydrogen-bond donors (Lipinski definition) is 0. The van der Waals surface area contributed by atoms with Crippen molar-refractivity contribution in [1.82, 2.24) is 0 Å². The van der Waals surface area contributed by atoms with Crippen LogP contribution in [0.25, 0.3) is 0 Å². The maximum Gasteiger partial charge on any atom is 0.282 e. The molecule has 7 heteroatoms. The van der Waals surface area contributed by atoms with E-state index < -0.39 is 10.0 Å². The normalized spacial score (nSPS) is 11.7. The molecule has 0 aromatic heterocycles. The third-order valence-electron chi connectivity index (χ3n) is 3.44. The van der Waals surface area contributed by atoms with Gasteiger partial charge in [0, 0.05) is 6.21 Å². The van der Waals surface area contributed by atoms with E-state index in [0.29, 0.717) is 34.7 Å². The highest BCUT2D eigenvalue weighted by Gasteiger charge is 2.14. The van der Waals surface area contributed by atoms with Crippen LogP contribution in [0.1, 0.15) is 31.4 Å². The molecular formula is C19H22BrNO4S. The standard InChI is InChI=1S/C19H22BrNO4S/c1-4-10-25-19-17(20)11-15(12-18(19)24-5-2)13-21-26(22,23)16-8-6-14(3)7-9-16/h6-9,11-13H,4-5,10H2,1-3H3/b21-13-. The molecule has 0 unspecified atom stereocenters. The highest BCUT2D eigenvalue weighted by molar-refractivity contribution is 9.10. The van der Waals surface area contributed by atoms with Gasteiger partial charge in [-0.05, 0) is 66.0 Å². The van der Waals surface area contributed by atoms with Crippen LogP contribution >= 0.6 is 15.9 Å². The second-order valence-corrected chi connectivity index (χ2v) is 8.12. The zero-order chi connectivity index (χ0) is 19.2. The van der Waals surface area contributed by atoms with E-state index >= 15 is 0 Å². The molecule has 0 spiro atoms. The molecule has 0 fully saturated rings. The Bertz CT molecular complexity index is 877. The quantitative estimate of drug-likeness (QED) is 0.556. The molecule has 0 amide bonds. The summed E-state index contributed by atoms with van der Waals surface area (Å²) in [7, 11) is -3.76. The lowest BCUT2D eigenvalue weighted by Gasteiger charge is -2.14. The number of benzene rings is 2. The van der Waals surface area contributed by atoms with Gasteiger partial charge in [-0.2, -0.15) is 12.8 Å². The van der Waals surface area contributed by atoms with Gasteiger partial charge in [-0.1, -0.05) is 24.6 Å². The highest BCUT2D eigenvalue weighted by atomic mass is 79.9. The fraction of sp³-hybridized carbons (Fsp3) is 0.316. The number of ether oxygens (including phenoxy) is 2. The molecule has 0 N–H and O–H groups in total. The number of aryl methyl sites for hydroxylation is 1. The van der Waals surface area contributed by atoms with Gasteiger partial charge in [-0.15, -0.1) is 0 Å². The molecule has 0 radical (unpaired) electrons. The maximum absolute atomic E-state index is 12.4. The molecule has 0 saturated heterocycles. The van der Waals surface area contributed by atoms with Crippen molar-refractivity contribution >= 4 is 32.2 Å². The maximum atomic E-state index is 12.4. The van der Waals surface area contributed by atoms with Crippen LogP contribution in [0.3, 0.4) is 0 Å². The van der Waals surface area contributed by atoms with Crippen molar-refractivity contribution in [2.75, 3.05) is 13.2 Å². The minimum atomic E-state index is -3.76. The number of nitrogens with zero attached hydrogens (tertiary/aromatic N) is 1. The van der Waals surface area contributed by atoms with Crippen molar-refractivity contribution in [2.45, 2.75) is 32.1 Å². The van der Waals surface area contributed by atoms with Crippen LogP contribution in [0.4, 0.5) is 0 Å². The third kappa shape index (κ3) is 5.32. The van der Waals surface area contributed by atoms with Crippen LogP contribution in [-0.4, -0.2) is 27.8 Å². The Hall–Kier alpha value is -1.86. The molecule has 0 aliphatic carbocycles. The van der Waals surface area contributed by atoms with E-state index in [0.717, 1.165) is 12.0 Å². The van der Waals surface area contributed by atoms with E-state index in [4.69, 9.17) is 9.47 Å². The fourth-order valence-corrected chi connectivity index (χ4v) is 3.61. The van der Waals surface area contributed by atoms with Gasteiger partial charge in [0.05, 0.1) is 22.6 Å². The first kappa shape index (κ1) is 20.5. The summed E-state index contributed by atoms with van der Waals surface area (Å²) in [5, 5.41) is 0. The van der Waals surface area contributed by atoms with Gasteiger partial charge in [-0.3, -0.25) is 0 Å². The Morgan fingerprint density at radius 2 is 1.81 bits per heavy atom. The Labute approximate surface area is 163 Å². The van der Waals surface area contributed by atoms with E-state index in [1.54, 1.807) is 36.4 Å². The summed E-state index contributed by atoms with van der Waals surface area (Å²) in [4.78, 5) is 0.159. The number of halogens is 1. The van der Waals surface area contributed by atoms with E-state index in [1.165, 1.54) is 6.21 Å². The Morgan fingerprint density at radius 1 is 1.12 bits per heavy atom. The molecular weight excluding hydrogens is 418 g/mol. The summed E-state index contributed by atoms with van der Waals surface area (Å²) in [6, 6.07) is 10.0. The topological polar surface area (TPSA) is 65.0 Å². The van der Waals surface area contributed by atoms with Crippen molar-refractivity contribution in [3.05, 3.63) is 52.0 Å². The molecule has 26 heavy (non-hydrogen) atoms. The van der Waals surface area contributed by atoms with Gasteiger partial charge in [-0.25, -0.2) is 0 Å². The lowest BCUT2D eigenvalue weighted by Crippen LogP contribution is -2.02. The van der Waals surface area contributed by atoms with Gasteiger partial charge >= 0.3 is 0 Å². The van der Waals surface area contributed by atoms with Crippen LogP contribution < -0.4 is 9.47 Å². The van der Waals surface area contributed by atoms with E-state index in [1.807, 2.05) is 20.8 Å².